The Morgan fingerprint density at radius 2 is 1.38 bits per heavy atom. The van der Waals surface area contributed by atoms with Crippen molar-refractivity contribution in [3.8, 4) is 16.9 Å². The van der Waals surface area contributed by atoms with Gasteiger partial charge in [0.05, 0.1) is 0 Å². The minimum absolute atomic E-state index is 0.348. The molecule has 37 heavy (non-hydrogen) atoms. The largest absolute Gasteiger partial charge is 0.507 e. The Bertz CT molecular complexity index is 997. The lowest BCUT2D eigenvalue weighted by molar-refractivity contribution is -0.141. The molecular weight excluding hydrogens is 475 g/mol. The maximum atomic E-state index is 13.3. The molecule has 0 atom stereocenters. The van der Waals surface area contributed by atoms with Crippen LogP contribution in [0.5, 0.6) is 5.75 Å². The van der Waals surface area contributed by atoms with E-state index in [2.05, 4.69) is 42.6 Å². The SMILES string of the molecule is CCCCc1c(O)c(CCCC)c(-c2ccc(C(F)(F)F)nc2)c(CCCC)c1CN1CCN(C)CC1. The first-order chi connectivity index (χ1) is 17.7. The number of nitrogens with zero attached hydrogens (tertiary/aromatic N) is 3. The van der Waals surface area contributed by atoms with Crippen LogP contribution in [0, 0.1) is 0 Å². The van der Waals surface area contributed by atoms with E-state index in [0.717, 1.165) is 107 Å². The van der Waals surface area contributed by atoms with E-state index < -0.39 is 11.9 Å². The van der Waals surface area contributed by atoms with Crippen LogP contribution in [0.15, 0.2) is 18.3 Å². The van der Waals surface area contributed by atoms with Gasteiger partial charge in [0.2, 0.25) is 0 Å². The smallest absolute Gasteiger partial charge is 0.433 e. The van der Waals surface area contributed by atoms with Crippen molar-refractivity contribution < 1.29 is 18.3 Å². The van der Waals surface area contributed by atoms with E-state index in [-0.39, 0.29) is 0 Å². The number of halogens is 3. The van der Waals surface area contributed by atoms with E-state index in [1.54, 1.807) is 6.07 Å². The molecule has 1 fully saturated rings. The summed E-state index contributed by atoms with van der Waals surface area (Å²) < 4.78 is 39.9. The molecule has 4 nitrogen and oxygen atoms in total. The molecule has 2 aromatic rings. The summed E-state index contributed by atoms with van der Waals surface area (Å²) in [5, 5.41) is 11.7. The van der Waals surface area contributed by atoms with Crippen molar-refractivity contribution in [3.63, 3.8) is 0 Å². The van der Waals surface area contributed by atoms with Crippen LogP contribution in [0.4, 0.5) is 13.2 Å². The van der Waals surface area contributed by atoms with E-state index in [9.17, 15) is 18.3 Å². The third kappa shape index (κ3) is 7.47. The summed E-state index contributed by atoms with van der Waals surface area (Å²) >= 11 is 0. The average Bonchev–Trinajstić information content (AvgIpc) is 2.88. The fourth-order valence-corrected chi connectivity index (χ4v) is 5.29. The Labute approximate surface area is 220 Å². The van der Waals surface area contributed by atoms with Gasteiger partial charge in [0.1, 0.15) is 11.4 Å². The fraction of sp³-hybridized carbons (Fsp3) is 0.633. The summed E-state index contributed by atoms with van der Waals surface area (Å²) in [6, 6.07) is 2.62. The van der Waals surface area contributed by atoms with Crippen molar-refractivity contribution >= 4 is 0 Å². The van der Waals surface area contributed by atoms with Gasteiger partial charge >= 0.3 is 6.18 Å². The van der Waals surface area contributed by atoms with Gasteiger partial charge in [0.25, 0.3) is 0 Å². The van der Waals surface area contributed by atoms with Crippen molar-refractivity contribution in [2.24, 2.45) is 0 Å². The summed E-state index contributed by atoms with van der Waals surface area (Å²) in [5.74, 6) is 0.348. The number of aromatic hydroxyl groups is 1. The maximum absolute atomic E-state index is 13.3. The molecule has 7 heteroatoms. The van der Waals surface area contributed by atoms with Gasteiger partial charge in [-0.05, 0) is 73.9 Å². The number of benzene rings is 1. The third-order valence-corrected chi connectivity index (χ3v) is 7.57. The fourth-order valence-electron chi connectivity index (χ4n) is 5.29. The second kappa shape index (κ2) is 13.6. The second-order valence-corrected chi connectivity index (χ2v) is 10.5. The molecule has 2 heterocycles. The van der Waals surface area contributed by atoms with Crippen molar-refractivity contribution in [1.82, 2.24) is 14.8 Å². The van der Waals surface area contributed by atoms with Gasteiger partial charge < -0.3 is 10.0 Å². The molecular formula is C30H44F3N3O. The number of hydrogen-bond acceptors (Lipinski definition) is 4. The summed E-state index contributed by atoms with van der Waals surface area (Å²) in [7, 11) is 2.14. The van der Waals surface area contributed by atoms with Crippen LogP contribution in [-0.2, 0) is 32.0 Å². The number of piperazine rings is 1. The van der Waals surface area contributed by atoms with E-state index >= 15 is 0 Å². The molecule has 0 unspecified atom stereocenters. The molecule has 206 valence electrons. The maximum Gasteiger partial charge on any atom is 0.433 e. The molecule has 1 aliphatic heterocycles. The molecule has 1 N–H and O–H groups in total. The van der Waals surface area contributed by atoms with Crippen LogP contribution >= 0.6 is 0 Å². The first-order valence-corrected chi connectivity index (χ1v) is 14.0. The number of aromatic nitrogens is 1. The quantitative estimate of drug-likeness (QED) is 0.321. The first-order valence-electron chi connectivity index (χ1n) is 14.0. The van der Waals surface area contributed by atoms with Crippen LogP contribution in [0.3, 0.4) is 0 Å². The molecule has 0 radical (unpaired) electrons. The van der Waals surface area contributed by atoms with Crippen molar-refractivity contribution in [1.29, 1.82) is 0 Å². The van der Waals surface area contributed by atoms with Crippen LogP contribution < -0.4 is 0 Å². The Hall–Kier alpha value is -2.12. The Morgan fingerprint density at radius 3 is 1.89 bits per heavy atom. The van der Waals surface area contributed by atoms with Crippen LogP contribution in [-0.4, -0.2) is 53.1 Å². The number of rotatable bonds is 12. The summed E-state index contributed by atoms with van der Waals surface area (Å²) in [6.45, 7) is 11.1. The Kier molecular flexibility index (Phi) is 10.8. The topological polar surface area (TPSA) is 39.6 Å². The van der Waals surface area contributed by atoms with E-state index in [0.29, 0.717) is 17.7 Å². The molecule has 0 saturated carbocycles. The van der Waals surface area contributed by atoms with E-state index in [1.807, 2.05) is 0 Å². The molecule has 1 aromatic heterocycles. The molecule has 0 amide bonds. The van der Waals surface area contributed by atoms with Gasteiger partial charge in [-0.1, -0.05) is 46.1 Å². The van der Waals surface area contributed by atoms with Crippen LogP contribution in [0.2, 0.25) is 0 Å². The number of pyridine rings is 1. The van der Waals surface area contributed by atoms with Crippen LogP contribution in [0.1, 0.15) is 87.2 Å². The predicted molar refractivity (Wildman–Crippen MR) is 145 cm³/mol. The number of hydrogen-bond donors (Lipinski definition) is 1. The molecule has 0 aliphatic carbocycles. The van der Waals surface area contributed by atoms with Crippen LogP contribution in [0.25, 0.3) is 11.1 Å². The lowest BCUT2D eigenvalue weighted by atomic mass is 9.82. The van der Waals surface area contributed by atoms with Gasteiger partial charge in [0.15, 0.2) is 0 Å². The minimum atomic E-state index is -4.48. The summed E-state index contributed by atoms with van der Waals surface area (Å²) in [5.41, 5.74) is 4.98. The van der Waals surface area contributed by atoms with Crippen molar-refractivity contribution in [2.45, 2.75) is 91.3 Å². The van der Waals surface area contributed by atoms with Gasteiger partial charge in [-0.2, -0.15) is 13.2 Å². The normalized spacial score (nSPS) is 15.4. The number of phenolic OH excluding ortho intramolecular Hbond substituents is 1. The zero-order chi connectivity index (χ0) is 27.0. The first kappa shape index (κ1) is 29.4. The van der Waals surface area contributed by atoms with Gasteiger partial charge in [-0.25, -0.2) is 0 Å². The highest BCUT2D eigenvalue weighted by molar-refractivity contribution is 5.77. The number of phenols is 1. The predicted octanol–water partition coefficient (Wildman–Crippen LogP) is 7.25. The highest BCUT2D eigenvalue weighted by atomic mass is 19.4. The molecule has 3 rings (SSSR count). The standard InChI is InChI=1S/C30H44F3N3O/c1-5-8-11-23-26(21-36-18-16-35(4)17-19-36)24(12-9-6-2)29(37)25(13-10-7-3)28(23)22-14-15-27(34-20-22)30(31,32)33/h14-15,20,37H,5-13,16-19,21H2,1-4H3. The average molecular weight is 520 g/mol. The van der Waals surface area contributed by atoms with Gasteiger partial charge in [-0.3, -0.25) is 9.88 Å². The number of likely N-dealkylation sites (N-methyl/N-ethyl adjacent to an activating group) is 1. The Balaban J connectivity index is 2.24. The lowest BCUT2D eigenvalue weighted by Crippen LogP contribution is -2.44. The Morgan fingerprint density at radius 1 is 0.811 bits per heavy atom. The van der Waals surface area contributed by atoms with Gasteiger partial charge in [0, 0.05) is 50.0 Å². The minimum Gasteiger partial charge on any atom is -0.507 e. The van der Waals surface area contributed by atoms with E-state index in [1.165, 1.54) is 17.3 Å². The second-order valence-electron chi connectivity index (χ2n) is 10.5. The van der Waals surface area contributed by atoms with Crippen molar-refractivity contribution in [3.05, 3.63) is 46.3 Å². The lowest BCUT2D eigenvalue weighted by Gasteiger charge is -2.34. The van der Waals surface area contributed by atoms with Crippen molar-refractivity contribution in [2.75, 3.05) is 33.2 Å². The number of alkyl halides is 3. The molecule has 0 bridgehead atoms. The number of unbranched alkanes of at least 4 members (excludes halogenated alkanes) is 3. The summed E-state index contributed by atoms with van der Waals surface area (Å²) in [4.78, 5) is 8.59. The highest BCUT2D eigenvalue weighted by Crippen LogP contribution is 2.43. The molecule has 1 saturated heterocycles. The molecule has 0 spiro atoms. The highest BCUT2D eigenvalue weighted by Gasteiger charge is 2.33. The third-order valence-electron chi connectivity index (χ3n) is 7.57. The monoisotopic (exact) mass is 519 g/mol. The summed E-state index contributed by atoms with van der Waals surface area (Å²) in [6.07, 6.45) is 5.15. The zero-order valence-corrected chi connectivity index (χ0v) is 23.1. The van der Waals surface area contributed by atoms with E-state index in [4.69, 9.17) is 0 Å². The zero-order valence-electron chi connectivity index (χ0n) is 23.1. The molecule has 1 aromatic carbocycles. The van der Waals surface area contributed by atoms with Gasteiger partial charge in [-0.15, -0.1) is 0 Å². The molecule has 1 aliphatic rings.